The lowest BCUT2D eigenvalue weighted by molar-refractivity contribution is -0.124. The van der Waals surface area contributed by atoms with Crippen LogP contribution in [0.5, 0.6) is 0 Å². The minimum Gasteiger partial charge on any atom is -0.472 e. The molecule has 5 nitrogen and oxygen atoms in total. The van der Waals surface area contributed by atoms with Gasteiger partial charge in [-0.05, 0) is 24.8 Å². The molecule has 1 aromatic heterocycles. The third-order valence-corrected chi connectivity index (χ3v) is 3.76. The number of hydrogen-bond donors (Lipinski definition) is 1. The lowest BCUT2D eigenvalue weighted by Gasteiger charge is -2.32. The molecular weight excluding hydrogens is 256 g/mol. The number of furan rings is 1. The van der Waals surface area contributed by atoms with Crippen molar-refractivity contribution in [3.8, 4) is 0 Å². The summed E-state index contributed by atoms with van der Waals surface area (Å²) >= 11 is 0. The van der Waals surface area contributed by atoms with Crippen molar-refractivity contribution in [2.45, 2.75) is 26.7 Å². The van der Waals surface area contributed by atoms with Crippen LogP contribution < -0.4 is 5.32 Å². The van der Waals surface area contributed by atoms with E-state index in [0.29, 0.717) is 18.0 Å². The predicted molar refractivity (Wildman–Crippen MR) is 75.2 cm³/mol. The molecule has 1 aromatic rings. The molecular formula is C15H22N2O3. The maximum Gasteiger partial charge on any atom is 0.257 e. The van der Waals surface area contributed by atoms with Gasteiger partial charge in [-0.25, -0.2) is 0 Å². The summed E-state index contributed by atoms with van der Waals surface area (Å²) in [4.78, 5) is 25.5. The summed E-state index contributed by atoms with van der Waals surface area (Å²) in [7, 11) is 0. The molecule has 110 valence electrons. The molecule has 0 atom stereocenters. The van der Waals surface area contributed by atoms with Gasteiger partial charge in [0.25, 0.3) is 5.91 Å². The molecule has 2 amide bonds. The van der Waals surface area contributed by atoms with E-state index < -0.39 is 0 Å². The van der Waals surface area contributed by atoms with Crippen LogP contribution in [-0.2, 0) is 4.79 Å². The van der Waals surface area contributed by atoms with Crippen molar-refractivity contribution >= 4 is 11.8 Å². The van der Waals surface area contributed by atoms with E-state index in [1.165, 1.54) is 12.5 Å². The molecule has 1 aliphatic heterocycles. The number of carbonyl (C=O) groups excluding carboxylic acids is 2. The van der Waals surface area contributed by atoms with E-state index in [4.69, 9.17) is 4.42 Å². The van der Waals surface area contributed by atoms with Crippen LogP contribution in [0.3, 0.4) is 0 Å². The normalized spacial score (nSPS) is 16.4. The molecule has 2 heterocycles. The second kappa shape index (κ2) is 6.59. The zero-order valence-electron chi connectivity index (χ0n) is 12.1. The predicted octanol–water partition coefficient (Wildman–Crippen LogP) is 1.90. The fourth-order valence-electron chi connectivity index (χ4n) is 2.36. The molecule has 5 heteroatoms. The zero-order chi connectivity index (χ0) is 14.5. The summed E-state index contributed by atoms with van der Waals surface area (Å²) in [6.45, 7) is 5.98. The molecule has 0 unspecified atom stereocenters. The Morgan fingerprint density at radius 2 is 2.10 bits per heavy atom. The van der Waals surface area contributed by atoms with Gasteiger partial charge in [0.2, 0.25) is 5.91 Å². The standard InChI is InChI=1S/C15H22N2O3/c1-11(2)14(18)16-9-12-3-6-17(7-4-12)15(19)13-5-8-20-10-13/h5,8,10-12H,3-4,6-7,9H2,1-2H3,(H,16,18). The summed E-state index contributed by atoms with van der Waals surface area (Å²) in [5.74, 6) is 0.620. The number of likely N-dealkylation sites (tertiary alicyclic amines) is 1. The second-order valence-corrected chi connectivity index (χ2v) is 5.65. The van der Waals surface area contributed by atoms with E-state index in [1.807, 2.05) is 18.7 Å². The van der Waals surface area contributed by atoms with Crippen molar-refractivity contribution in [1.29, 1.82) is 0 Å². The van der Waals surface area contributed by atoms with Crippen LogP contribution in [0.4, 0.5) is 0 Å². The molecule has 1 fully saturated rings. The van der Waals surface area contributed by atoms with Crippen molar-refractivity contribution in [2.24, 2.45) is 11.8 Å². The van der Waals surface area contributed by atoms with E-state index in [0.717, 1.165) is 25.9 Å². The number of amides is 2. The van der Waals surface area contributed by atoms with Crippen molar-refractivity contribution in [3.05, 3.63) is 24.2 Å². The fourth-order valence-corrected chi connectivity index (χ4v) is 2.36. The molecule has 0 radical (unpaired) electrons. The summed E-state index contributed by atoms with van der Waals surface area (Å²) in [6, 6.07) is 1.69. The highest BCUT2D eigenvalue weighted by Crippen LogP contribution is 2.18. The van der Waals surface area contributed by atoms with Gasteiger partial charge in [-0.15, -0.1) is 0 Å². The van der Waals surface area contributed by atoms with E-state index in [-0.39, 0.29) is 17.7 Å². The first-order chi connectivity index (χ1) is 9.58. The van der Waals surface area contributed by atoms with E-state index in [1.54, 1.807) is 6.07 Å². The Balaban J connectivity index is 1.75. The molecule has 0 spiro atoms. The quantitative estimate of drug-likeness (QED) is 0.915. The Bertz CT molecular complexity index is 446. The number of nitrogens with zero attached hydrogens (tertiary/aromatic N) is 1. The zero-order valence-corrected chi connectivity index (χ0v) is 12.1. The average Bonchev–Trinajstić information content (AvgIpc) is 2.98. The van der Waals surface area contributed by atoms with Crippen LogP contribution in [-0.4, -0.2) is 36.3 Å². The Morgan fingerprint density at radius 1 is 1.40 bits per heavy atom. The summed E-state index contributed by atoms with van der Waals surface area (Å²) in [5.41, 5.74) is 0.608. The highest BCUT2D eigenvalue weighted by atomic mass is 16.3. The van der Waals surface area contributed by atoms with Gasteiger partial charge in [-0.1, -0.05) is 13.8 Å². The monoisotopic (exact) mass is 278 g/mol. The lowest BCUT2D eigenvalue weighted by Crippen LogP contribution is -2.42. The number of rotatable bonds is 4. The van der Waals surface area contributed by atoms with Gasteiger partial charge in [0.05, 0.1) is 11.8 Å². The topological polar surface area (TPSA) is 62.6 Å². The third kappa shape index (κ3) is 3.62. The summed E-state index contributed by atoms with van der Waals surface area (Å²) < 4.78 is 4.94. The van der Waals surface area contributed by atoms with Crippen LogP contribution in [0.15, 0.2) is 23.0 Å². The van der Waals surface area contributed by atoms with E-state index in [2.05, 4.69) is 5.32 Å². The SMILES string of the molecule is CC(C)C(=O)NCC1CCN(C(=O)c2ccoc2)CC1. The van der Waals surface area contributed by atoms with Gasteiger partial charge >= 0.3 is 0 Å². The molecule has 0 aromatic carbocycles. The first kappa shape index (κ1) is 14.6. The fraction of sp³-hybridized carbons (Fsp3) is 0.600. The van der Waals surface area contributed by atoms with E-state index in [9.17, 15) is 9.59 Å². The van der Waals surface area contributed by atoms with E-state index >= 15 is 0 Å². The number of hydrogen-bond acceptors (Lipinski definition) is 3. The van der Waals surface area contributed by atoms with Crippen molar-refractivity contribution in [2.75, 3.05) is 19.6 Å². The Kier molecular flexibility index (Phi) is 4.82. The van der Waals surface area contributed by atoms with Crippen LogP contribution in [0.1, 0.15) is 37.0 Å². The van der Waals surface area contributed by atoms with Crippen molar-refractivity contribution in [3.63, 3.8) is 0 Å². The smallest absolute Gasteiger partial charge is 0.257 e. The van der Waals surface area contributed by atoms with Gasteiger partial charge in [0.15, 0.2) is 0 Å². The molecule has 0 saturated carbocycles. The first-order valence-corrected chi connectivity index (χ1v) is 7.17. The summed E-state index contributed by atoms with van der Waals surface area (Å²) in [5, 5.41) is 2.97. The van der Waals surface area contributed by atoms with Gasteiger partial charge < -0.3 is 14.6 Å². The molecule has 2 rings (SSSR count). The highest BCUT2D eigenvalue weighted by Gasteiger charge is 2.24. The van der Waals surface area contributed by atoms with Crippen molar-refractivity contribution in [1.82, 2.24) is 10.2 Å². The van der Waals surface area contributed by atoms with Crippen molar-refractivity contribution < 1.29 is 14.0 Å². The Hall–Kier alpha value is -1.78. The molecule has 1 N–H and O–H groups in total. The Morgan fingerprint density at radius 3 is 2.65 bits per heavy atom. The molecule has 0 bridgehead atoms. The first-order valence-electron chi connectivity index (χ1n) is 7.17. The van der Waals surface area contributed by atoms with Crippen LogP contribution >= 0.6 is 0 Å². The van der Waals surface area contributed by atoms with Crippen LogP contribution in [0.25, 0.3) is 0 Å². The number of carbonyl (C=O) groups is 2. The average molecular weight is 278 g/mol. The maximum absolute atomic E-state index is 12.1. The van der Waals surface area contributed by atoms with Crippen LogP contribution in [0.2, 0.25) is 0 Å². The maximum atomic E-state index is 12.1. The van der Waals surface area contributed by atoms with Crippen LogP contribution in [0, 0.1) is 11.8 Å². The highest BCUT2D eigenvalue weighted by molar-refractivity contribution is 5.93. The largest absolute Gasteiger partial charge is 0.472 e. The Labute approximate surface area is 119 Å². The molecule has 20 heavy (non-hydrogen) atoms. The number of piperidine rings is 1. The number of nitrogens with one attached hydrogen (secondary N) is 1. The third-order valence-electron chi connectivity index (χ3n) is 3.76. The minimum absolute atomic E-state index is 0.0257. The second-order valence-electron chi connectivity index (χ2n) is 5.65. The van der Waals surface area contributed by atoms with Gasteiger partial charge in [0.1, 0.15) is 6.26 Å². The van der Waals surface area contributed by atoms with Gasteiger partial charge in [-0.2, -0.15) is 0 Å². The molecule has 0 aliphatic carbocycles. The van der Waals surface area contributed by atoms with Gasteiger partial charge in [0, 0.05) is 25.6 Å². The lowest BCUT2D eigenvalue weighted by atomic mass is 9.96. The molecule has 1 aliphatic rings. The van der Waals surface area contributed by atoms with Gasteiger partial charge in [-0.3, -0.25) is 9.59 Å². The molecule has 1 saturated heterocycles. The minimum atomic E-state index is 0.0257. The summed E-state index contributed by atoms with van der Waals surface area (Å²) in [6.07, 6.45) is 4.86.